The second-order valence-electron chi connectivity index (χ2n) is 5.20. The van der Waals surface area contributed by atoms with Gasteiger partial charge in [0, 0.05) is 17.1 Å². The first kappa shape index (κ1) is 16.0. The van der Waals surface area contributed by atoms with Gasteiger partial charge in [-0.1, -0.05) is 46.3 Å². The summed E-state index contributed by atoms with van der Waals surface area (Å²) >= 11 is 3.43. The summed E-state index contributed by atoms with van der Waals surface area (Å²) in [6, 6.07) is 18.7. The first-order chi connectivity index (χ1) is 11.0. The van der Waals surface area contributed by atoms with Gasteiger partial charge in [0.2, 0.25) is 0 Å². The fourth-order valence-corrected chi connectivity index (χ4v) is 3.24. The molecule has 0 bridgehead atoms. The van der Waals surface area contributed by atoms with Gasteiger partial charge in [0.25, 0.3) is 0 Å². The van der Waals surface area contributed by atoms with Crippen LogP contribution in [0.15, 0.2) is 65.6 Å². The van der Waals surface area contributed by atoms with E-state index in [1.807, 2.05) is 53.2 Å². The highest BCUT2D eigenvalue weighted by molar-refractivity contribution is 9.08. The van der Waals surface area contributed by atoms with E-state index < -0.39 is 9.84 Å². The lowest BCUT2D eigenvalue weighted by molar-refractivity contribution is 0.602. The minimum Gasteiger partial charge on any atom is -0.233 e. The van der Waals surface area contributed by atoms with E-state index in [2.05, 4.69) is 21.0 Å². The molecule has 0 aliphatic heterocycles. The summed E-state index contributed by atoms with van der Waals surface area (Å²) in [5.74, 6) is 0. The molecule has 0 fully saturated rings. The van der Waals surface area contributed by atoms with Gasteiger partial charge in [-0.3, -0.25) is 0 Å². The maximum absolute atomic E-state index is 11.6. The largest absolute Gasteiger partial charge is 0.233 e. The van der Waals surface area contributed by atoms with Crippen LogP contribution in [0.3, 0.4) is 0 Å². The van der Waals surface area contributed by atoms with E-state index in [0.717, 1.165) is 22.6 Å². The number of benzene rings is 2. The smallest absolute Gasteiger partial charge is 0.175 e. The molecule has 0 unspecified atom stereocenters. The minimum absolute atomic E-state index is 0.313. The van der Waals surface area contributed by atoms with Crippen molar-refractivity contribution in [2.75, 3.05) is 6.26 Å². The topological polar surface area (TPSA) is 52.0 Å². The third-order valence-corrected chi connectivity index (χ3v) is 5.18. The summed E-state index contributed by atoms with van der Waals surface area (Å²) in [5, 5.41) is 5.25. The Balaban J connectivity index is 2.11. The van der Waals surface area contributed by atoms with Gasteiger partial charge in [0.05, 0.1) is 22.0 Å². The molecule has 0 atom stereocenters. The average Bonchev–Trinajstić information content (AvgIpc) is 2.99. The van der Waals surface area contributed by atoms with Crippen LogP contribution in [0.4, 0.5) is 0 Å². The molecular formula is C17H15BrN2O2S. The molecular weight excluding hydrogens is 376 g/mol. The Morgan fingerprint density at radius 1 is 1.04 bits per heavy atom. The Labute approximate surface area is 143 Å². The Bertz CT molecular complexity index is 917. The summed E-state index contributed by atoms with van der Waals surface area (Å²) in [4.78, 5) is 0.313. The quantitative estimate of drug-likeness (QED) is 0.635. The summed E-state index contributed by atoms with van der Waals surface area (Å²) < 4.78 is 25.1. The number of nitrogens with zero attached hydrogens (tertiary/aromatic N) is 2. The second-order valence-corrected chi connectivity index (χ2v) is 7.77. The van der Waals surface area contributed by atoms with Crippen molar-refractivity contribution < 1.29 is 8.42 Å². The van der Waals surface area contributed by atoms with Crippen molar-refractivity contribution in [3.8, 4) is 16.9 Å². The molecule has 2 aromatic carbocycles. The highest BCUT2D eigenvalue weighted by Gasteiger charge is 2.13. The lowest BCUT2D eigenvalue weighted by Gasteiger charge is -2.08. The van der Waals surface area contributed by atoms with Gasteiger partial charge in [-0.05, 0) is 30.3 Å². The molecule has 0 radical (unpaired) electrons. The van der Waals surface area contributed by atoms with Crippen molar-refractivity contribution in [3.05, 3.63) is 66.4 Å². The van der Waals surface area contributed by atoms with Crippen LogP contribution in [0.1, 0.15) is 5.69 Å². The standard InChI is InChI=1S/C17H15BrN2O2S/c1-23(21,22)16-9-7-13(8-10-16)17-11-14(12-18)19-20(17)15-5-3-2-4-6-15/h2-11H,12H2,1H3. The highest BCUT2D eigenvalue weighted by atomic mass is 79.9. The number of rotatable bonds is 4. The van der Waals surface area contributed by atoms with Gasteiger partial charge in [-0.25, -0.2) is 13.1 Å². The summed E-state index contributed by atoms with van der Waals surface area (Å²) in [7, 11) is -3.19. The van der Waals surface area contributed by atoms with Crippen molar-refractivity contribution in [2.45, 2.75) is 10.2 Å². The van der Waals surface area contributed by atoms with Crippen molar-refractivity contribution in [1.82, 2.24) is 9.78 Å². The fraction of sp³-hybridized carbons (Fsp3) is 0.118. The molecule has 0 aliphatic rings. The number of hydrogen-bond donors (Lipinski definition) is 0. The zero-order chi connectivity index (χ0) is 16.4. The van der Waals surface area contributed by atoms with E-state index in [4.69, 9.17) is 0 Å². The zero-order valence-corrected chi connectivity index (χ0v) is 14.9. The molecule has 0 saturated carbocycles. The average molecular weight is 391 g/mol. The predicted molar refractivity (Wildman–Crippen MR) is 94.7 cm³/mol. The fourth-order valence-electron chi connectivity index (χ4n) is 2.34. The Morgan fingerprint density at radius 3 is 2.26 bits per heavy atom. The number of alkyl halides is 1. The Hall–Kier alpha value is -1.92. The normalized spacial score (nSPS) is 11.6. The van der Waals surface area contributed by atoms with Crippen molar-refractivity contribution >= 4 is 25.8 Å². The van der Waals surface area contributed by atoms with E-state index >= 15 is 0 Å². The van der Waals surface area contributed by atoms with Gasteiger partial charge in [0.1, 0.15) is 0 Å². The van der Waals surface area contributed by atoms with Crippen LogP contribution in [-0.4, -0.2) is 24.5 Å². The van der Waals surface area contributed by atoms with Crippen LogP contribution in [0.2, 0.25) is 0 Å². The molecule has 3 rings (SSSR count). The van der Waals surface area contributed by atoms with Gasteiger partial charge < -0.3 is 0 Å². The van der Waals surface area contributed by atoms with Crippen LogP contribution >= 0.6 is 15.9 Å². The molecule has 118 valence electrons. The predicted octanol–water partition coefficient (Wildman–Crippen LogP) is 3.84. The molecule has 1 aromatic heterocycles. The summed E-state index contributed by atoms with van der Waals surface area (Å²) in [5.41, 5.74) is 3.71. The first-order valence-corrected chi connectivity index (χ1v) is 10.0. The molecule has 0 aliphatic carbocycles. The van der Waals surface area contributed by atoms with Gasteiger partial charge in [0.15, 0.2) is 9.84 Å². The van der Waals surface area contributed by atoms with E-state index in [9.17, 15) is 8.42 Å². The number of para-hydroxylation sites is 1. The van der Waals surface area contributed by atoms with Gasteiger partial charge in [-0.15, -0.1) is 0 Å². The van der Waals surface area contributed by atoms with E-state index in [1.165, 1.54) is 6.26 Å². The molecule has 0 spiro atoms. The van der Waals surface area contributed by atoms with E-state index in [0.29, 0.717) is 10.2 Å². The molecule has 0 amide bonds. The monoisotopic (exact) mass is 390 g/mol. The Morgan fingerprint density at radius 2 is 1.70 bits per heavy atom. The zero-order valence-electron chi connectivity index (χ0n) is 12.5. The minimum atomic E-state index is -3.19. The molecule has 3 aromatic rings. The number of halogens is 1. The molecule has 1 heterocycles. The van der Waals surface area contributed by atoms with Gasteiger partial charge >= 0.3 is 0 Å². The van der Waals surface area contributed by atoms with E-state index in [-0.39, 0.29) is 0 Å². The van der Waals surface area contributed by atoms with Gasteiger partial charge in [-0.2, -0.15) is 5.10 Å². The van der Waals surface area contributed by atoms with E-state index in [1.54, 1.807) is 12.1 Å². The molecule has 23 heavy (non-hydrogen) atoms. The first-order valence-electron chi connectivity index (χ1n) is 7.00. The number of aromatic nitrogens is 2. The lowest BCUT2D eigenvalue weighted by Crippen LogP contribution is -2.00. The van der Waals surface area contributed by atoms with Crippen LogP contribution < -0.4 is 0 Å². The summed E-state index contributed by atoms with van der Waals surface area (Å²) in [6.45, 7) is 0. The highest BCUT2D eigenvalue weighted by Crippen LogP contribution is 2.26. The third kappa shape index (κ3) is 3.38. The van der Waals surface area contributed by atoms with Crippen LogP contribution in [0, 0.1) is 0 Å². The Kier molecular flexibility index (Phi) is 4.37. The van der Waals surface area contributed by atoms with Crippen LogP contribution in [0.5, 0.6) is 0 Å². The maximum atomic E-state index is 11.6. The summed E-state index contributed by atoms with van der Waals surface area (Å²) in [6.07, 6.45) is 1.21. The third-order valence-electron chi connectivity index (χ3n) is 3.48. The number of sulfone groups is 1. The second kappa shape index (κ2) is 6.29. The maximum Gasteiger partial charge on any atom is 0.175 e. The molecule has 4 nitrogen and oxygen atoms in total. The van der Waals surface area contributed by atoms with Crippen molar-refractivity contribution in [1.29, 1.82) is 0 Å². The number of hydrogen-bond acceptors (Lipinski definition) is 3. The molecule has 0 saturated heterocycles. The van der Waals surface area contributed by atoms with Crippen molar-refractivity contribution in [2.24, 2.45) is 0 Å². The lowest BCUT2D eigenvalue weighted by atomic mass is 10.1. The van der Waals surface area contributed by atoms with Crippen molar-refractivity contribution in [3.63, 3.8) is 0 Å². The molecule has 6 heteroatoms. The SMILES string of the molecule is CS(=O)(=O)c1ccc(-c2cc(CBr)nn2-c2ccccc2)cc1. The molecule has 0 N–H and O–H groups in total. The van der Waals surface area contributed by atoms with Crippen LogP contribution in [-0.2, 0) is 15.2 Å². The van der Waals surface area contributed by atoms with Crippen LogP contribution in [0.25, 0.3) is 16.9 Å².